The van der Waals surface area contributed by atoms with Gasteiger partial charge >= 0.3 is 0 Å². The molecule has 0 saturated heterocycles. The van der Waals surface area contributed by atoms with E-state index in [0.717, 1.165) is 5.03 Å². The lowest BCUT2D eigenvalue weighted by molar-refractivity contribution is -0.0842. The Morgan fingerprint density at radius 2 is 2.21 bits per heavy atom. The molecule has 0 spiro atoms. The van der Waals surface area contributed by atoms with Gasteiger partial charge in [-0.1, -0.05) is 11.8 Å². The first-order valence-electron chi connectivity index (χ1n) is 4.16. The second-order valence-corrected chi connectivity index (χ2v) is 3.62. The summed E-state index contributed by atoms with van der Waals surface area (Å²) in [6, 6.07) is 3.63. The SMILES string of the molecule is COC(CSc1ncccc1N)OC. The number of hydrogen-bond acceptors (Lipinski definition) is 5. The van der Waals surface area contributed by atoms with E-state index in [2.05, 4.69) is 4.98 Å². The summed E-state index contributed by atoms with van der Waals surface area (Å²) in [5.74, 6) is 0.675. The molecule has 2 N–H and O–H groups in total. The number of anilines is 1. The zero-order chi connectivity index (χ0) is 10.4. The summed E-state index contributed by atoms with van der Waals surface area (Å²) in [5, 5.41) is 0.812. The fourth-order valence-electron chi connectivity index (χ4n) is 0.903. The molecule has 14 heavy (non-hydrogen) atoms. The highest BCUT2D eigenvalue weighted by atomic mass is 32.2. The number of pyridine rings is 1. The van der Waals surface area contributed by atoms with Crippen LogP contribution in [0.5, 0.6) is 0 Å². The van der Waals surface area contributed by atoms with Crippen LogP contribution in [0, 0.1) is 0 Å². The summed E-state index contributed by atoms with van der Waals surface area (Å²) in [5.41, 5.74) is 6.41. The third-order valence-corrected chi connectivity index (χ3v) is 2.74. The number of nitrogens with two attached hydrogens (primary N) is 1. The van der Waals surface area contributed by atoms with Crippen LogP contribution in [0.2, 0.25) is 0 Å². The molecule has 0 aliphatic carbocycles. The molecular formula is C9H14N2O2S. The van der Waals surface area contributed by atoms with Gasteiger partial charge < -0.3 is 15.2 Å². The summed E-state index contributed by atoms with van der Waals surface area (Å²) < 4.78 is 10.1. The fourth-order valence-corrected chi connectivity index (χ4v) is 1.84. The molecule has 0 aliphatic heterocycles. The van der Waals surface area contributed by atoms with E-state index in [4.69, 9.17) is 15.2 Å². The molecule has 1 rings (SSSR count). The maximum atomic E-state index is 5.72. The summed E-state index contributed by atoms with van der Waals surface area (Å²) >= 11 is 1.52. The lowest BCUT2D eigenvalue weighted by Crippen LogP contribution is -2.15. The number of thioether (sulfide) groups is 1. The minimum atomic E-state index is -0.221. The Morgan fingerprint density at radius 3 is 2.79 bits per heavy atom. The molecule has 0 aromatic carbocycles. The highest BCUT2D eigenvalue weighted by Gasteiger charge is 2.07. The number of hydrogen-bond donors (Lipinski definition) is 1. The second-order valence-electron chi connectivity index (χ2n) is 2.61. The Hall–Kier alpha value is -0.780. The Morgan fingerprint density at radius 1 is 1.50 bits per heavy atom. The second kappa shape index (κ2) is 5.85. The van der Waals surface area contributed by atoms with Crippen molar-refractivity contribution < 1.29 is 9.47 Å². The van der Waals surface area contributed by atoms with Gasteiger partial charge in [0.15, 0.2) is 6.29 Å². The lowest BCUT2D eigenvalue weighted by Gasteiger charge is -2.12. The quantitative estimate of drug-likeness (QED) is 0.592. The molecule has 0 amide bonds. The Balaban J connectivity index is 2.49. The van der Waals surface area contributed by atoms with Crippen LogP contribution in [-0.4, -0.2) is 31.2 Å². The zero-order valence-corrected chi connectivity index (χ0v) is 9.08. The van der Waals surface area contributed by atoms with Gasteiger partial charge in [0.05, 0.1) is 11.4 Å². The van der Waals surface area contributed by atoms with Gasteiger partial charge in [0.1, 0.15) is 5.03 Å². The van der Waals surface area contributed by atoms with Gasteiger partial charge in [0.25, 0.3) is 0 Å². The van der Waals surface area contributed by atoms with Crippen LogP contribution in [0.25, 0.3) is 0 Å². The standard InChI is InChI=1S/C9H14N2O2S/c1-12-8(13-2)6-14-9-7(10)4-3-5-11-9/h3-5,8H,6,10H2,1-2H3. The lowest BCUT2D eigenvalue weighted by atomic mass is 10.4. The van der Waals surface area contributed by atoms with E-state index in [1.165, 1.54) is 11.8 Å². The largest absolute Gasteiger partial charge is 0.397 e. The molecule has 0 bridgehead atoms. The molecule has 0 saturated carbocycles. The Kier molecular flexibility index (Phi) is 4.72. The molecule has 1 aromatic heterocycles. The van der Waals surface area contributed by atoms with E-state index in [9.17, 15) is 0 Å². The van der Waals surface area contributed by atoms with Gasteiger partial charge in [-0.2, -0.15) is 0 Å². The van der Waals surface area contributed by atoms with Gasteiger partial charge in [-0.3, -0.25) is 0 Å². The monoisotopic (exact) mass is 214 g/mol. The number of rotatable bonds is 5. The van der Waals surface area contributed by atoms with Crippen molar-refractivity contribution in [3.8, 4) is 0 Å². The van der Waals surface area contributed by atoms with Crippen molar-refractivity contribution in [1.82, 2.24) is 4.98 Å². The molecule has 0 unspecified atom stereocenters. The van der Waals surface area contributed by atoms with Crippen LogP contribution in [0.15, 0.2) is 23.4 Å². The molecule has 78 valence electrons. The van der Waals surface area contributed by atoms with Gasteiger partial charge in [0, 0.05) is 20.4 Å². The number of nitrogens with zero attached hydrogens (tertiary/aromatic N) is 1. The zero-order valence-electron chi connectivity index (χ0n) is 8.27. The van der Waals surface area contributed by atoms with Crippen LogP contribution in [0.4, 0.5) is 5.69 Å². The van der Waals surface area contributed by atoms with E-state index in [-0.39, 0.29) is 6.29 Å². The smallest absolute Gasteiger partial charge is 0.166 e. The van der Waals surface area contributed by atoms with E-state index < -0.39 is 0 Å². The Labute approximate surface area is 87.8 Å². The predicted octanol–water partition coefficient (Wildman–Crippen LogP) is 1.37. The Bertz CT molecular complexity index is 279. The maximum Gasteiger partial charge on any atom is 0.166 e. The van der Waals surface area contributed by atoms with Crippen LogP contribution in [0.1, 0.15) is 0 Å². The average Bonchev–Trinajstić information content (AvgIpc) is 2.22. The number of methoxy groups -OCH3 is 2. The van der Waals surface area contributed by atoms with Crippen LogP contribution in [0.3, 0.4) is 0 Å². The van der Waals surface area contributed by atoms with Crippen molar-refractivity contribution in [1.29, 1.82) is 0 Å². The number of ether oxygens (including phenoxy) is 2. The first-order valence-corrected chi connectivity index (χ1v) is 5.15. The van der Waals surface area contributed by atoms with E-state index >= 15 is 0 Å². The van der Waals surface area contributed by atoms with Crippen LogP contribution in [-0.2, 0) is 9.47 Å². The molecule has 0 aliphatic rings. The van der Waals surface area contributed by atoms with Crippen molar-refractivity contribution in [3.05, 3.63) is 18.3 Å². The van der Waals surface area contributed by atoms with Crippen LogP contribution < -0.4 is 5.73 Å². The topological polar surface area (TPSA) is 57.4 Å². The van der Waals surface area contributed by atoms with E-state index in [1.807, 2.05) is 12.1 Å². The van der Waals surface area contributed by atoms with Crippen LogP contribution >= 0.6 is 11.8 Å². The summed E-state index contributed by atoms with van der Waals surface area (Å²) in [4.78, 5) is 4.15. The maximum absolute atomic E-state index is 5.72. The summed E-state index contributed by atoms with van der Waals surface area (Å²) in [6.07, 6.45) is 1.49. The average molecular weight is 214 g/mol. The minimum Gasteiger partial charge on any atom is -0.397 e. The van der Waals surface area contributed by atoms with Gasteiger partial charge in [-0.15, -0.1) is 0 Å². The number of aromatic nitrogens is 1. The van der Waals surface area contributed by atoms with Crippen molar-refractivity contribution in [2.24, 2.45) is 0 Å². The minimum absolute atomic E-state index is 0.221. The molecule has 5 heteroatoms. The molecule has 4 nitrogen and oxygen atoms in total. The first kappa shape index (κ1) is 11.3. The molecule has 0 radical (unpaired) electrons. The van der Waals surface area contributed by atoms with Gasteiger partial charge in [-0.05, 0) is 12.1 Å². The highest BCUT2D eigenvalue weighted by Crippen LogP contribution is 2.22. The molecule has 0 atom stereocenters. The predicted molar refractivity (Wildman–Crippen MR) is 57.2 cm³/mol. The van der Waals surface area contributed by atoms with E-state index in [1.54, 1.807) is 20.4 Å². The van der Waals surface area contributed by atoms with Crippen molar-refractivity contribution in [2.45, 2.75) is 11.3 Å². The van der Waals surface area contributed by atoms with Gasteiger partial charge in [0.2, 0.25) is 0 Å². The van der Waals surface area contributed by atoms with Crippen molar-refractivity contribution in [3.63, 3.8) is 0 Å². The molecule has 1 heterocycles. The first-order chi connectivity index (χ1) is 6.77. The fraction of sp³-hybridized carbons (Fsp3) is 0.444. The number of nitrogen functional groups attached to an aromatic ring is 1. The molecular weight excluding hydrogens is 200 g/mol. The van der Waals surface area contributed by atoms with Crippen molar-refractivity contribution in [2.75, 3.05) is 25.7 Å². The summed E-state index contributed by atoms with van der Waals surface area (Å²) in [7, 11) is 3.22. The van der Waals surface area contributed by atoms with Gasteiger partial charge in [-0.25, -0.2) is 4.98 Å². The molecule has 0 fully saturated rings. The normalized spacial score (nSPS) is 10.8. The summed E-state index contributed by atoms with van der Waals surface area (Å²) in [6.45, 7) is 0. The third-order valence-electron chi connectivity index (χ3n) is 1.68. The highest BCUT2D eigenvalue weighted by molar-refractivity contribution is 7.99. The van der Waals surface area contributed by atoms with Crippen molar-refractivity contribution >= 4 is 17.4 Å². The third kappa shape index (κ3) is 3.17. The molecule has 1 aromatic rings. The van der Waals surface area contributed by atoms with E-state index in [0.29, 0.717) is 11.4 Å².